The summed E-state index contributed by atoms with van der Waals surface area (Å²) < 4.78 is 92.4. The molecule has 17 heteroatoms. The molecule has 1 aromatic carbocycles. The number of hydrogen-bond donors (Lipinski definition) is 1. The molecule has 4 rings (SSSR count). The highest BCUT2D eigenvalue weighted by Crippen LogP contribution is 2.32. The minimum atomic E-state index is -4.96. The van der Waals surface area contributed by atoms with Crippen LogP contribution in [0.1, 0.15) is 36.1 Å². The number of benzene rings is 1. The van der Waals surface area contributed by atoms with Gasteiger partial charge in [0.25, 0.3) is 11.4 Å². The number of rotatable bonds is 10. The monoisotopic (exact) mass is 603 g/mol. The second kappa shape index (κ2) is 12.4. The molecule has 1 aliphatic heterocycles. The van der Waals surface area contributed by atoms with Gasteiger partial charge in [-0.3, -0.25) is 9.59 Å². The predicted octanol–water partition coefficient (Wildman–Crippen LogP) is 3.18. The highest BCUT2D eigenvalue weighted by atomic mass is 19.4. The number of nitrogens with zero attached hydrogens (tertiary/aromatic N) is 6. The summed E-state index contributed by atoms with van der Waals surface area (Å²) in [5, 5.41) is 9.90. The lowest BCUT2D eigenvalue weighted by molar-refractivity contribution is -0.145. The maximum atomic E-state index is 13.9. The number of carbonyl (C=O) groups excluding carboxylic acids is 1. The molecule has 11 nitrogen and oxygen atoms in total. The van der Waals surface area contributed by atoms with Crippen molar-refractivity contribution in [1.82, 2.24) is 29.4 Å². The van der Waals surface area contributed by atoms with Crippen LogP contribution in [-0.4, -0.2) is 68.3 Å². The van der Waals surface area contributed by atoms with Crippen LogP contribution in [0.5, 0.6) is 5.75 Å². The Hall–Kier alpha value is -4.15. The fourth-order valence-electron chi connectivity index (χ4n) is 4.24. The highest BCUT2D eigenvalue weighted by Gasteiger charge is 2.39. The van der Waals surface area contributed by atoms with Crippen molar-refractivity contribution in [3.05, 3.63) is 63.6 Å². The van der Waals surface area contributed by atoms with E-state index in [4.69, 9.17) is 9.47 Å². The molecule has 1 aliphatic rings. The molecule has 0 saturated carbocycles. The molecule has 42 heavy (non-hydrogen) atoms. The molecule has 1 N–H and O–H groups in total. The van der Waals surface area contributed by atoms with E-state index >= 15 is 0 Å². The molecular weight excluding hydrogens is 576 g/mol. The number of aromatic nitrogens is 5. The first-order chi connectivity index (χ1) is 19.8. The Morgan fingerprint density at radius 2 is 1.81 bits per heavy atom. The maximum absolute atomic E-state index is 13.9. The second-order valence-electron chi connectivity index (χ2n) is 9.50. The number of methoxy groups -OCH3 is 1. The van der Waals surface area contributed by atoms with Crippen LogP contribution in [0.25, 0.3) is 0 Å². The molecular formula is C25H27F6N7O4. The molecule has 228 valence electrons. The van der Waals surface area contributed by atoms with Crippen molar-refractivity contribution in [2.75, 3.05) is 32.2 Å². The third kappa shape index (κ3) is 7.37. The number of fused-ring (bicyclic) bond motifs is 1. The minimum absolute atomic E-state index is 0.0145. The number of hydrogen-bond acceptors (Lipinski definition) is 8. The van der Waals surface area contributed by atoms with Crippen molar-refractivity contribution in [3.8, 4) is 5.75 Å². The van der Waals surface area contributed by atoms with E-state index in [9.17, 15) is 35.9 Å². The molecule has 1 atom stereocenters. The summed E-state index contributed by atoms with van der Waals surface area (Å²) in [5.74, 6) is -1.09. The zero-order chi connectivity index (χ0) is 30.7. The number of carbonyl (C=O) groups is 1. The fourth-order valence-corrected chi connectivity index (χ4v) is 4.24. The molecule has 0 bridgehead atoms. The Labute approximate surface area is 235 Å². The van der Waals surface area contributed by atoms with Gasteiger partial charge in [0.05, 0.1) is 58.3 Å². The molecule has 0 fully saturated rings. The topological polar surface area (TPSA) is 116 Å². The van der Waals surface area contributed by atoms with Crippen LogP contribution < -0.4 is 15.6 Å². The average Bonchev–Trinajstić information content (AvgIpc) is 3.37. The zero-order valence-corrected chi connectivity index (χ0v) is 22.5. The zero-order valence-electron chi connectivity index (χ0n) is 22.5. The number of nitrogens with one attached hydrogen (secondary N) is 1. The molecule has 3 aromatic rings. The van der Waals surface area contributed by atoms with Gasteiger partial charge in [-0.25, -0.2) is 14.3 Å². The first kappa shape index (κ1) is 30.8. The Balaban J connectivity index is 1.30. The van der Waals surface area contributed by atoms with Gasteiger partial charge in [0.1, 0.15) is 17.1 Å². The molecule has 0 saturated heterocycles. The van der Waals surface area contributed by atoms with E-state index in [2.05, 4.69) is 20.5 Å². The van der Waals surface area contributed by atoms with E-state index in [1.165, 1.54) is 18.9 Å². The van der Waals surface area contributed by atoms with Crippen LogP contribution in [0.3, 0.4) is 0 Å². The lowest BCUT2D eigenvalue weighted by Crippen LogP contribution is -2.39. The summed E-state index contributed by atoms with van der Waals surface area (Å²) in [6.07, 6.45) is -8.84. The summed E-state index contributed by atoms with van der Waals surface area (Å²) in [6.45, 7) is 1.20. The molecule has 0 unspecified atom stereocenters. The normalized spacial score (nSPS) is 14.4. The maximum Gasteiger partial charge on any atom is 0.453 e. The van der Waals surface area contributed by atoms with Gasteiger partial charge in [-0.2, -0.15) is 31.4 Å². The number of anilines is 1. The van der Waals surface area contributed by atoms with Crippen LogP contribution >= 0.6 is 0 Å². The first-order valence-corrected chi connectivity index (χ1v) is 12.7. The van der Waals surface area contributed by atoms with Gasteiger partial charge in [0.2, 0.25) is 5.91 Å². The second-order valence-corrected chi connectivity index (χ2v) is 9.50. The summed E-state index contributed by atoms with van der Waals surface area (Å²) in [7, 11) is 1.47. The summed E-state index contributed by atoms with van der Waals surface area (Å²) in [4.78, 5) is 30.0. The van der Waals surface area contributed by atoms with Crippen molar-refractivity contribution in [2.45, 2.75) is 51.4 Å². The Kier molecular flexibility index (Phi) is 9.08. The van der Waals surface area contributed by atoms with E-state index in [1.807, 2.05) is 0 Å². The largest absolute Gasteiger partial charge is 0.497 e. The molecule has 0 aliphatic carbocycles. The Bertz CT molecular complexity index is 1450. The third-order valence-corrected chi connectivity index (χ3v) is 6.32. The highest BCUT2D eigenvalue weighted by molar-refractivity contribution is 5.76. The quantitative estimate of drug-likeness (QED) is 0.278. The lowest BCUT2D eigenvalue weighted by atomic mass is 10.2. The average molecular weight is 604 g/mol. The number of amides is 1. The van der Waals surface area contributed by atoms with Crippen molar-refractivity contribution in [2.24, 2.45) is 0 Å². The van der Waals surface area contributed by atoms with Gasteiger partial charge in [0, 0.05) is 12.6 Å². The molecule has 3 heterocycles. The molecule has 2 aromatic heterocycles. The molecule has 1 amide bonds. The van der Waals surface area contributed by atoms with Crippen LogP contribution in [0.4, 0.5) is 32.0 Å². The van der Waals surface area contributed by atoms with Gasteiger partial charge >= 0.3 is 12.4 Å². The number of halogens is 6. The van der Waals surface area contributed by atoms with Gasteiger partial charge in [-0.05, 0) is 24.6 Å². The Morgan fingerprint density at radius 3 is 2.45 bits per heavy atom. The molecule has 0 spiro atoms. The van der Waals surface area contributed by atoms with E-state index in [-0.39, 0.29) is 57.5 Å². The van der Waals surface area contributed by atoms with Crippen molar-refractivity contribution < 1.29 is 40.6 Å². The fraction of sp³-hybridized carbons (Fsp3) is 0.480. The van der Waals surface area contributed by atoms with Crippen molar-refractivity contribution in [3.63, 3.8) is 0 Å². The lowest BCUT2D eigenvalue weighted by Gasteiger charge is -2.26. The van der Waals surface area contributed by atoms with Crippen LogP contribution in [0.15, 0.2) is 35.3 Å². The van der Waals surface area contributed by atoms with Crippen LogP contribution in [-0.2, 0) is 41.5 Å². The number of alkyl halides is 6. The first-order valence-electron chi connectivity index (χ1n) is 12.7. The number of ether oxygens (including phenoxy) is 2. The van der Waals surface area contributed by atoms with Gasteiger partial charge < -0.3 is 19.7 Å². The van der Waals surface area contributed by atoms with Crippen LogP contribution in [0.2, 0.25) is 0 Å². The van der Waals surface area contributed by atoms with Gasteiger partial charge in [-0.15, -0.1) is 5.10 Å². The van der Waals surface area contributed by atoms with E-state index < -0.39 is 41.0 Å². The smallest absolute Gasteiger partial charge is 0.453 e. The van der Waals surface area contributed by atoms with Gasteiger partial charge in [-0.1, -0.05) is 12.1 Å². The minimum Gasteiger partial charge on any atom is -0.497 e. The Morgan fingerprint density at radius 1 is 1.10 bits per heavy atom. The van der Waals surface area contributed by atoms with Crippen molar-refractivity contribution in [1.29, 1.82) is 0 Å². The summed E-state index contributed by atoms with van der Waals surface area (Å²) in [5.41, 5.74) is -2.68. The summed E-state index contributed by atoms with van der Waals surface area (Å²) >= 11 is 0. The standard InChI is InChI=1S/C25H27F6N7O4/c1-15(14-42-10-7-20(39)36-8-9-37-19(13-36)34-23(35-37)25(29,30)31)33-18-11-32-38(22(40)21(18)24(26,27)28)12-16-3-5-17(41-2)6-4-16/h3-6,11,15,33H,7-10,12-14H2,1-2H3/t15-/m0/s1. The van der Waals surface area contributed by atoms with Crippen LogP contribution in [0, 0.1) is 0 Å². The van der Waals surface area contributed by atoms with Crippen molar-refractivity contribution >= 4 is 11.6 Å². The van der Waals surface area contributed by atoms with E-state index in [0.717, 1.165) is 15.6 Å². The SMILES string of the molecule is COc1ccc(Cn2ncc(N[C@@H](C)COCCC(=O)N3CCn4nc(C(F)(F)F)nc4C3)c(C(F)(F)F)c2=O)cc1. The summed E-state index contributed by atoms with van der Waals surface area (Å²) in [6, 6.07) is 5.74. The van der Waals surface area contributed by atoms with E-state index in [0.29, 0.717) is 11.3 Å². The third-order valence-electron chi connectivity index (χ3n) is 6.32. The van der Waals surface area contributed by atoms with E-state index in [1.54, 1.807) is 24.3 Å². The molecule has 0 radical (unpaired) electrons. The van der Waals surface area contributed by atoms with Gasteiger partial charge in [0.15, 0.2) is 0 Å². The predicted molar refractivity (Wildman–Crippen MR) is 135 cm³/mol.